The predicted molar refractivity (Wildman–Crippen MR) is 149 cm³/mol. The Kier molecular flexibility index (Phi) is 8.35. The molecule has 1 saturated heterocycles. The number of nitro benzene ring substituents is 1. The Morgan fingerprint density at radius 1 is 1.24 bits per heavy atom. The number of carbonyl (C=O) groups is 1. The number of nitro groups is 1. The van der Waals surface area contributed by atoms with Gasteiger partial charge in [0.1, 0.15) is 23.9 Å². The fourth-order valence-electron chi connectivity index (χ4n) is 4.57. The van der Waals surface area contributed by atoms with Crippen molar-refractivity contribution in [1.82, 2.24) is 14.9 Å². The first kappa shape index (κ1) is 27.6. The number of rotatable bonds is 7. The summed E-state index contributed by atoms with van der Waals surface area (Å²) in [5.74, 6) is 0.786. The molecular weight excluding hydrogens is 554 g/mol. The van der Waals surface area contributed by atoms with E-state index in [2.05, 4.69) is 31.2 Å². The minimum Gasteiger partial charge on any atom is -0.483 e. The van der Waals surface area contributed by atoms with Gasteiger partial charge in [-0.1, -0.05) is 28.9 Å². The largest absolute Gasteiger partial charge is 0.483 e. The number of likely N-dealkylation sites (tertiary alicyclic amines) is 1. The minimum atomic E-state index is -0.547. The molecule has 1 unspecified atom stereocenters. The second-order valence-corrected chi connectivity index (χ2v) is 11.2. The second kappa shape index (κ2) is 11.5. The van der Waals surface area contributed by atoms with E-state index >= 15 is 0 Å². The van der Waals surface area contributed by atoms with Crippen molar-refractivity contribution in [3.05, 3.63) is 57.3 Å². The van der Waals surface area contributed by atoms with Crippen molar-refractivity contribution in [2.75, 3.05) is 18.4 Å². The standard InChI is InChI=1S/C27H32BrN5O5/c1-5-23(17-9-11-32(12-10-17)26(34)38-27(2,3)4)37-24-15-21-20(14-22(24)33(35)36)25(30-16-29-21)31-19-8-6-7-18(28)13-19/h6-8,13-17,23H,5,9-12H2,1-4H3,(H,29,30,31). The van der Waals surface area contributed by atoms with E-state index < -0.39 is 10.5 Å². The molecule has 4 rings (SSSR count). The summed E-state index contributed by atoms with van der Waals surface area (Å²) in [7, 11) is 0. The average molecular weight is 586 g/mol. The number of benzene rings is 2. The van der Waals surface area contributed by atoms with Crippen LogP contribution in [0.15, 0.2) is 47.2 Å². The van der Waals surface area contributed by atoms with Crippen LogP contribution in [0.4, 0.5) is 22.0 Å². The Bertz CT molecular complexity index is 1320. The van der Waals surface area contributed by atoms with Crippen molar-refractivity contribution < 1.29 is 19.2 Å². The monoisotopic (exact) mass is 585 g/mol. The summed E-state index contributed by atoms with van der Waals surface area (Å²) in [6.07, 6.45) is 2.98. The highest BCUT2D eigenvalue weighted by Gasteiger charge is 2.32. The van der Waals surface area contributed by atoms with Crippen LogP contribution in [0, 0.1) is 16.0 Å². The van der Waals surface area contributed by atoms with Gasteiger partial charge in [0.25, 0.3) is 0 Å². The minimum absolute atomic E-state index is 0.144. The number of nitrogens with one attached hydrogen (secondary N) is 1. The number of nitrogens with zero attached hydrogens (tertiary/aromatic N) is 4. The molecule has 2 aromatic carbocycles. The van der Waals surface area contributed by atoms with Gasteiger partial charge in [0.2, 0.25) is 0 Å². The zero-order valence-corrected chi connectivity index (χ0v) is 23.5. The lowest BCUT2D eigenvalue weighted by atomic mass is 9.90. The number of fused-ring (bicyclic) bond motifs is 1. The van der Waals surface area contributed by atoms with Crippen LogP contribution in [0.2, 0.25) is 0 Å². The number of aromatic nitrogens is 2. The molecule has 0 bridgehead atoms. The summed E-state index contributed by atoms with van der Waals surface area (Å²) >= 11 is 3.45. The van der Waals surface area contributed by atoms with E-state index in [1.54, 1.807) is 11.0 Å². The lowest BCUT2D eigenvalue weighted by Crippen LogP contribution is -2.44. The van der Waals surface area contributed by atoms with Gasteiger partial charge in [-0.3, -0.25) is 10.1 Å². The SMILES string of the molecule is CCC(Oc1cc2ncnc(Nc3cccc(Br)c3)c2cc1[N+](=O)[O-])C1CCN(C(=O)OC(C)(C)C)CC1. The topological polar surface area (TPSA) is 120 Å². The number of carbonyl (C=O) groups excluding carboxylic acids is 1. The summed E-state index contributed by atoms with van der Waals surface area (Å²) in [6, 6.07) is 10.6. The van der Waals surface area contributed by atoms with Crippen LogP contribution in [0.5, 0.6) is 5.75 Å². The maximum atomic E-state index is 12.4. The third-order valence-corrected chi connectivity index (χ3v) is 6.89. The summed E-state index contributed by atoms with van der Waals surface area (Å²) < 4.78 is 12.7. The number of amides is 1. The maximum Gasteiger partial charge on any atom is 0.410 e. The van der Waals surface area contributed by atoms with E-state index in [-0.39, 0.29) is 29.6 Å². The molecule has 202 valence electrons. The van der Waals surface area contributed by atoms with Crippen molar-refractivity contribution >= 4 is 50.1 Å². The molecule has 10 nitrogen and oxygen atoms in total. The van der Waals surface area contributed by atoms with Gasteiger partial charge in [0, 0.05) is 35.4 Å². The van der Waals surface area contributed by atoms with Crippen molar-refractivity contribution in [1.29, 1.82) is 0 Å². The van der Waals surface area contributed by atoms with Gasteiger partial charge < -0.3 is 19.7 Å². The van der Waals surface area contributed by atoms with Gasteiger partial charge in [-0.25, -0.2) is 14.8 Å². The van der Waals surface area contributed by atoms with Crippen molar-refractivity contribution in [3.63, 3.8) is 0 Å². The van der Waals surface area contributed by atoms with E-state index in [1.165, 1.54) is 12.4 Å². The number of halogens is 1. The summed E-state index contributed by atoms with van der Waals surface area (Å²) in [5, 5.41) is 15.8. The first-order valence-electron chi connectivity index (χ1n) is 12.6. The molecule has 38 heavy (non-hydrogen) atoms. The molecule has 1 amide bonds. The van der Waals surface area contributed by atoms with Gasteiger partial charge in [0.05, 0.1) is 15.8 Å². The number of piperidine rings is 1. The van der Waals surface area contributed by atoms with Crippen LogP contribution in [0.25, 0.3) is 10.9 Å². The zero-order valence-electron chi connectivity index (χ0n) is 21.9. The molecule has 1 fully saturated rings. The molecule has 1 aliphatic rings. The fourth-order valence-corrected chi connectivity index (χ4v) is 4.97. The van der Waals surface area contributed by atoms with Crippen LogP contribution in [0.3, 0.4) is 0 Å². The van der Waals surface area contributed by atoms with Gasteiger partial charge in [-0.2, -0.15) is 0 Å². The maximum absolute atomic E-state index is 12.4. The van der Waals surface area contributed by atoms with Crippen molar-refractivity contribution in [2.45, 2.75) is 58.7 Å². The Balaban J connectivity index is 1.54. The van der Waals surface area contributed by atoms with Crippen LogP contribution < -0.4 is 10.1 Å². The number of hydrogen-bond donors (Lipinski definition) is 1. The molecule has 0 saturated carbocycles. The molecule has 1 aromatic heterocycles. The molecular formula is C27H32BrN5O5. The van der Waals surface area contributed by atoms with E-state index in [0.717, 1.165) is 23.0 Å². The van der Waals surface area contributed by atoms with Gasteiger partial charge in [0.15, 0.2) is 5.75 Å². The lowest BCUT2D eigenvalue weighted by molar-refractivity contribution is -0.386. The van der Waals surface area contributed by atoms with Crippen LogP contribution in [0.1, 0.15) is 47.0 Å². The van der Waals surface area contributed by atoms with E-state index in [0.29, 0.717) is 36.2 Å². The third kappa shape index (κ3) is 6.69. The number of anilines is 2. The second-order valence-electron chi connectivity index (χ2n) is 10.3. The van der Waals surface area contributed by atoms with Crippen molar-refractivity contribution in [3.8, 4) is 5.75 Å². The van der Waals surface area contributed by atoms with Gasteiger partial charge in [-0.05, 0) is 64.2 Å². The highest BCUT2D eigenvalue weighted by Crippen LogP contribution is 2.37. The fraction of sp³-hybridized carbons (Fsp3) is 0.444. The highest BCUT2D eigenvalue weighted by molar-refractivity contribution is 9.10. The van der Waals surface area contributed by atoms with Gasteiger partial charge in [-0.15, -0.1) is 0 Å². The number of ether oxygens (including phenoxy) is 2. The van der Waals surface area contributed by atoms with E-state index in [1.807, 2.05) is 52.0 Å². The first-order valence-corrected chi connectivity index (χ1v) is 13.4. The smallest absolute Gasteiger partial charge is 0.410 e. The molecule has 11 heteroatoms. The Morgan fingerprint density at radius 3 is 2.61 bits per heavy atom. The molecule has 3 aromatic rings. The molecule has 1 N–H and O–H groups in total. The third-order valence-electron chi connectivity index (χ3n) is 6.40. The molecule has 1 atom stereocenters. The zero-order chi connectivity index (χ0) is 27.4. The Hall–Kier alpha value is -3.47. The quantitative estimate of drug-likeness (QED) is 0.236. The molecule has 0 spiro atoms. The first-order chi connectivity index (χ1) is 18.0. The molecule has 0 radical (unpaired) electrons. The van der Waals surface area contributed by atoms with Crippen LogP contribution in [-0.4, -0.2) is 50.7 Å². The lowest BCUT2D eigenvalue weighted by Gasteiger charge is -2.36. The Labute approximate surface area is 230 Å². The Morgan fingerprint density at radius 2 is 1.97 bits per heavy atom. The summed E-state index contributed by atoms with van der Waals surface area (Å²) in [6.45, 7) is 8.65. The highest BCUT2D eigenvalue weighted by atomic mass is 79.9. The van der Waals surface area contributed by atoms with Crippen LogP contribution >= 0.6 is 15.9 Å². The van der Waals surface area contributed by atoms with E-state index in [9.17, 15) is 14.9 Å². The number of hydrogen-bond acceptors (Lipinski definition) is 8. The molecule has 1 aliphatic heterocycles. The predicted octanol–water partition coefficient (Wildman–Crippen LogP) is 6.85. The van der Waals surface area contributed by atoms with Crippen LogP contribution in [-0.2, 0) is 4.74 Å². The summed E-state index contributed by atoms with van der Waals surface area (Å²) in [4.78, 5) is 34.4. The van der Waals surface area contributed by atoms with E-state index in [4.69, 9.17) is 9.47 Å². The molecule has 2 heterocycles. The van der Waals surface area contributed by atoms with Gasteiger partial charge >= 0.3 is 11.8 Å². The van der Waals surface area contributed by atoms with Crippen molar-refractivity contribution in [2.24, 2.45) is 5.92 Å². The average Bonchev–Trinajstić information content (AvgIpc) is 2.86. The summed E-state index contributed by atoms with van der Waals surface area (Å²) in [5.41, 5.74) is 0.627. The normalized spacial score (nSPS) is 15.2. The molecule has 0 aliphatic carbocycles.